The zero-order chi connectivity index (χ0) is 14.4. The van der Waals surface area contributed by atoms with E-state index in [0.717, 1.165) is 5.75 Å². The number of hydrogen-bond donors (Lipinski definition) is 0. The van der Waals surface area contributed by atoms with Crippen molar-refractivity contribution in [2.75, 3.05) is 0 Å². The van der Waals surface area contributed by atoms with Gasteiger partial charge in [0.05, 0.1) is 8.07 Å². The Labute approximate surface area is 122 Å². The molecule has 0 fully saturated rings. The number of benzene rings is 1. The van der Waals surface area contributed by atoms with Crippen LogP contribution in [0.5, 0.6) is 11.6 Å². The smallest absolute Gasteiger partial charge is 0.219 e. The standard InChI is InChI=1S/C17H23NOSi/c1-4-20(5-2,6-3)16-12-8-7-11-15(16)19-17-13-9-10-14-18-17/h7-14H,4-6H2,1-3H3. The molecule has 2 rings (SSSR count). The number of hydrogen-bond acceptors (Lipinski definition) is 2. The predicted molar refractivity (Wildman–Crippen MR) is 87.6 cm³/mol. The molecule has 0 saturated heterocycles. The monoisotopic (exact) mass is 285 g/mol. The number of rotatable bonds is 6. The fourth-order valence-electron chi connectivity index (χ4n) is 2.84. The summed E-state index contributed by atoms with van der Waals surface area (Å²) >= 11 is 0. The number of nitrogens with zero attached hydrogens (tertiary/aromatic N) is 1. The Kier molecular flexibility index (Phi) is 4.96. The Balaban J connectivity index is 2.40. The van der Waals surface area contributed by atoms with Gasteiger partial charge in [-0.3, -0.25) is 0 Å². The van der Waals surface area contributed by atoms with Crippen molar-refractivity contribution in [3.63, 3.8) is 0 Å². The first-order chi connectivity index (χ1) is 9.75. The molecule has 0 amide bonds. The van der Waals surface area contributed by atoms with Crippen LogP contribution in [0.15, 0.2) is 48.7 Å². The topological polar surface area (TPSA) is 22.1 Å². The van der Waals surface area contributed by atoms with E-state index in [2.05, 4.69) is 44.0 Å². The Hall–Kier alpha value is -1.61. The Bertz CT molecular complexity index is 529. The predicted octanol–water partition coefficient (Wildman–Crippen LogP) is 4.59. The van der Waals surface area contributed by atoms with E-state index in [1.807, 2.05) is 24.3 Å². The van der Waals surface area contributed by atoms with Crippen molar-refractivity contribution in [2.24, 2.45) is 0 Å². The van der Waals surface area contributed by atoms with Crippen LogP contribution in [0, 0.1) is 0 Å². The second kappa shape index (κ2) is 6.71. The van der Waals surface area contributed by atoms with Gasteiger partial charge in [-0.15, -0.1) is 0 Å². The van der Waals surface area contributed by atoms with E-state index in [4.69, 9.17) is 4.74 Å². The summed E-state index contributed by atoms with van der Waals surface area (Å²) in [6.07, 6.45) is 1.77. The molecule has 0 spiro atoms. The molecule has 0 N–H and O–H groups in total. The molecule has 0 saturated carbocycles. The molecule has 0 bridgehead atoms. The first-order valence-electron chi connectivity index (χ1n) is 7.44. The lowest BCUT2D eigenvalue weighted by Crippen LogP contribution is -2.46. The van der Waals surface area contributed by atoms with E-state index >= 15 is 0 Å². The SMILES string of the molecule is CC[Si](CC)(CC)c1ccccc1Oc1ccccn1. The lowest BCUT2D eigenvalue weighted by Gasteiger charge is -2.30. The minimum Gasteiger partial charge on any atom is -0.439 e. The molecular formula is C17H23NOSi. The highest BCUT2D eigenvalue weighted by Crippen LogP contribution is 2.26. The highest BCUT2D eigenvalue weighted by Gasteiger charge is 2.32. The molecule has 1 heterocycles. The van der Waals surface area contributed by atoms with Crippen LogP contribution in [0.2, 0.25) is 18.1 Å². The molecule has 1 aromatic heterocycles. The van der Waals surface area contributed by atoms with E-state index in [9.17, 15) is 0 Å². The highest BCUT2D eigenvalue weighted by molar-refractivity contribution is 6.92. The van der Waals surface area contributed by atoms with E-state index < -0.39 is 8.07 Å². The van der Waals surface area contributed by atoms with Crippen molar-refractivity contribution < 1.29 is 4.74 Å². The molecule has 2 aromatic rings. The van der Waals surface area contributed by atoms with Gasteiger partial charge in [-0.05, 0) is 17.3 Å². The van der Waals surface area contributed by atoms with Gasteiger partial charge in [0.1, 0.15) is 5.75 Å². The highest BCUT2D eigenvalue weighted by atomic mass is 28.3. The van der Waals surface area contributed by atoms with Crippen molar-refractivity contribution in [2.45, 2.75) is 38.9 Å². The van der Waals surface area contributed by atoms with Gasteiger partial charge in [-0.1, -0.05) is 63.2 Å². The molecule has 2 nitrogen and oxygen atoms in total. The van der Waals surface area contributed by atoms with Gasteiger partial charge in [0, 0.05) is 12.3 Å². The molecule has 0 aliphatic rings. The molecule has 0 unspecified atom stereocenters. The number of pyridine rings is 1. The summed E-state index contributed by atoms with van der Waals surface area (Å²) in [7, 11) is -1.44. The number of para-hydroxylation sites is 1. The van der Waals surface area contributed by atoms with Crippen molar-refractivity contribution in [1.82, 2.24) is 4.98 Å². The van der Waals surface area contributed by atoms with Crippen molar-refractivity contribution >= 4 is 13.3 Å². The van der Waals surface area contributed by atoms with Crippen molar-refractivity contribution in [3.8, 4) is 11.6 Å². The summed E-state index contributed by atoms with van der Waals surface area (Å²) in [4.78, 5) is 4.27. The summed E-state index contributed by atoms with van der Waals surface area (Å²) in [5.41, 5.74) is 0. The summed E-state index contributed by atoms with van der Waals surface area (Å²) in [6, 6.07) is 18.0. The maximum atomic E-state index is 6.04. The van der Waals surface area contributed by atoms with E-state index in [0.29, 0.717) is 5.88 Å². The van der Waals surface area contributed by atoms with Crippen LogP contribution in [0.1, 0.15) is 20.8 Å². The molecule has 0 aliphatic carbocycles. The normalized spacial score (nSPS) is 11.3. The van der Waals surface area contributed by atoms with Crippen LogP contribution in [0.3, 0.4) is 0 Å². The van der Waals surface area contributed by atoms with Crippen LogP contribution in [0.4, 0.5) is 0 Å². The van der Waals surface area contributed by atoms with Gasteiger partial charge in [-0.2, -0.15) is 0 Å². The van der Waals surface area contributed by atoms with Gasteiger partial charge in [0.25, 0.3) is 0 Å². The average Bonchev–Trinajstić information content (AvgIpc) is 2.52. The molecule has 3 heteroatoms. The molecular weight excluding hydrogens is 262 g/mol. The first kappa shape index (κ1) is 14.8. The molecule has 0 atom stereocenters. The minimum atomic E-state index is -1.44. The lowest BCUT2D eigenvalue weighted by molar-refractivity contribution is 0.466. The molecule has 0 aliphatic heterocycles. The van der Waals surface area contributed by atoms with E-state index in [-0.39, 0.29) is 0 Å². The Morgan fingerprint density at radius 3 is 2.15 bits per heavy atom. The summed E-state index contributed by atoms with van der Waals surface area (Å²) in [6.45, 7) is 6.95. The van der Waals surface area contributed by atoms with Gasteiger partial charge in [0.2, 0.25) is 5.88 Å². The van der Waals surface area contributed by atoms with Gasteiger partial charge < -0.3 is 4.74 Å². The van der Waals surface area contributed by atoms with Crippen LogP contribution >= 0.6 is 0 Å². The number of ether oxygens (including phenoxy) is 1. The fraction of sp³-hybridized carbons (Fsp3) is 0.353. The average molecular weight is 285 g/mol. The largest absolute Gasteiger partial charge is 0.439 e. The van der Waals surface area contributed by atoms with Crippen LogP contribution in [-0.4, -0.2) is 13.1 Å². The van der Waals surface area contributed by atoms with Gasteiger partial charge in [-0.25, -0.2) is 4.98 Å². The van der Waals surface area contributed by atoms with E-state index in [1.54, 1.807) is 6.20 Å². The van der Waals surface area contributed by atoms with Crippen LogP contribution in [-0.2, 0) is 0 Å². The quantitative estimate of drug-likeness (QED) is 0.724. The third-order valence-electron chi connectivity index (χ3n) is 4.34. The Morgan fingerprint density at radius 1 is 0.900 bits per heavy atom. The molecule has 0 radical (unpaired) electrons. The number of aromatic nitrogens is 1. The second-order valence-electron chi connectivity index (χ2n) is 5.11. The molecule has 106 valence electrons. The minimum absolute atomic E-state index is 0.672. The van der Waals surface area contributed by atoms with Crippen LogP contribution < -0.4 is 9.92 Å². The third kappa shape index (κ3) is 2.93. The van der Waals surface area contributed by atoms with Crippen molar-refractivity contribution in [3.05, 3.63) is 48.7 Å². The summed E-state index contributed by atoms with van der Waals surface area (Å²) in [5, 5.41) is 1.43. The molecule has 20 heavy (non-hydrogen) atoms. The second-order valence-corrected chi connectivity index (χ2v) is 10.3. The van der Waals surface area contributed by atoms with Crippen LogP contribution in [0.25, 0.3) is 0 Å². The molecule has 1 aromatic carbocycles. The Morgan fingerprint density at radius 2 is 1.55 bits per heavy atom. The van der Waals surface area contributed by atoms with Gasteiger partial charge >= 0.3 is 0 Å². The first-order valence-corrected chi connectivity index (χ1v) is 10.1. The summed E-state index contributed by atoms with van der Waals surface area (Å²) in [5.74, 6) is 1.66. The fourth-order valence-corrected chi connectivity index (χ4v) is 6.58. The maximum Gasteiger partial charge on any atom is 0.219 e. The summed E-state index contributed by atoms with van der Waals surface area (Å²) < 4.78 is 6.04. The van der Waals surface area contributed by atoms with E-state index in [1.165, 1.54) is 23.3 Å². The zero-order valence-corrected chi connectivity index (χ0v) is 13.6. The maximum absolute atomic E-state index is 6.04. The van der Waals surface area contributed by atoms with Crippen molar-refractivity contribution in [1.29, 1.82) is 0 Å². The lowest BCUT2D eigenvalue weighted by atomic mass is 10.3. The third-order valence-corrected chi connectivity index (χ3v) is 9.96. The zero-order valence-electron chi connectivity index (χ0n) is 12.6. The van der Waals surface area contributed by atoms with Gasteiger partial charge in [0.15, 0.2) is 0 Å².